The Labute approximate surface area is 149 Å². The van der Waals surface area contributed by atoms with E-state index in [1.165, 1.54) is 13.4 Å². The molecule has 0 saturated carbocycles. The lowest BCUT2D eigenvalue weighted by Crippen LogP contribution is -2.26. The van der Waals surface area contributed by atoms with E-state index in [2.05, 4.69) is 42.8 Å². The van der Waals surface area contributed by atoms with Crippen molar-refractivity contribution < 1.29 is 9.53 Å². The summed E-state index contributed by atoms with van der Waals surface area (Å²) in [5, 5.41) is 18.2. The summed E-state index contributed by atoms with van der Waals surface area (Å²) < 4.78 is 4.83. The molecule has 0 aliphatic heterocycles. The van der Waals surface area contributed by atoms with Crippen molar-refractivity contribution in [2.75, 3.05) is 13.7 Å². The van der Waals surface area contributed by atoms with E-state index in [4.69, 9.17) is 4.74 Å². The zero-order valence-electron chi connectivity index (χ0n) is 14.2. The molecule has 132 valence electrons. The molecule has 0 fully saturated rings. The van der Waals surface area contributed by atoms with Gasteiger partial charge in [-0.3, -0.25) is 15.0 Å². The van der Waals surface area contributed by atoms with Crippen LogP contribution in [0.5, 0.6) is 0 Å². The third kappa shape index (κ3) is 3.14. The second-order valence-electron chi connectivity index (χ2n) is 6.05. The molecule has 8 nitrogen and oxygen atoms in total. The van der Waals surface area contributed by atoms with Crippen LogP contribution >= 0.6 is 0 Å². The Kier molecular flexibility index (Phi) is 4.32. The van der Waals surface area contributed by atoms with Gasteiger partial charge in [-0.1, -0.05) is 12.2 Å². The van der Waals surface area contributed by atoms with Gasteiger partial charge < -0.3 is 10.1 Å². The summed E-state index contributed by atoms with van der Waals surface area (Å²) in [5.74, 6) is 0.722. The Bertz CT molecular complexity index is 986. The Morgan fingerprint density at radius 2 is 2.31 bits per heavy atom. The smallest absolute Gasteiger partial charge is 0.250 e. The quantitative estimate of drug-likeness (QED) is 0.652. The van der Waals surface area contributed by atoms with Gasteiger partial charge in [0, 0.05) is 29.7 Å². The van der Waals surface area contributed by atoms with Crippen molar-refractivity contribution >= 4 is 16.8 Å². The molecule has 0 saturated heterocycles. The molecule has 0 radical (unpaired) electrons. The number of carbonyl (C=O) groups is 1. The van der Waals surface area contributed by atoms with Crippen molar-refractivity contribution in [1.29, 1.82) is 0 Å². The number of nitrogens with one attached hydrogen (secondary N) is 3. The van der Waals surface area contributed by atoms with Gasteiger partial charge in [0.05, 0.1) is 11.2 Å². The van der Waals surface area contributed by atoms with E-state index in [9.17, 15) is 4.79 Å². The summed E-state index contributed by atoms with van der Waals surface area (Å²) >= 11 is 0. The Morgan fingerprint density at radius 3 is 3.04 bits per heavy atom. The van der Waals surface area contributed by atoms with Gasteiger partial charge in [-0.15, -0.1) is 0 Å². The van der Waals surface area contributed by atoms with Crippen molar-refractivity contribution in [3.63, 3.8) is 0 Å². The SMILES string of the molecule is COCC(=O)NC1=CCC(c2[nH]nc3ccc(-c4ncn[nH]4)cc23)C=C1. The second-order valence-corrected chi connectivity index (χ2v) is 6.05. The first-order valence-corrected chi connectivity index (χ1v) is 8.25. The van der Waals surface area contributed by atoms with Gasteiger partial charge in [-0.05, 0) is 30.7 Å². The Balaban J connectivity index is 1.56. The standard InChI is InChI=1S/C18H18N6O2/c1-26-9-16(25)21-13-5-2-11(3-6-13)17-14-8-12(18-19-10-20-24-18)4-7-15(14)22-23-17/h2,4-8,10-11H,3,9H2,1H3,(H,21,25)(H,22,23)(H,19,20,24). The van der Waals surface area contributed by atoms with Crippen molar-refractivity contribution in [3.05, 3.63) is 54.1 Å². The van der Waals surface area contributed by atoms with E-state index in [0.717, 1.165) is 40.1 Å². The van der Waals surface area contributed by atoms with E-state index in [1.807, 2.05) is 24.3 Å². The number of amides is 1. The lowest BCUT2D eigenvalue weighted by Gasteiger charge is -2.16. The minimum atomic E-state index is -0.162. The summed E-state index contributed by atoms with van der Waals surface area (Å²) in [6.45, 7) is 0.0458. The van der Waals surface area contributed by atoms with Crippen LogP contribution in [0.3, 0.4) is 0 Å². The van der Waals surface area contributed by atoms with Crippen molar-refractivity contribution in [2.45, 2.75) is 12.3 Å². The number of fused-ring (bicyclic) bond motifs is 1. The van der Waals surface area contributed by atoms with Crippen LogP contribution in [0.25, 0.3) is 22.3 Å². The van der Waals surface area contributed by atoms with Gasteiger partial charge in [0.1, 0.15) is 12.9 Å². The first-order chi connectivity index (χ1) is 12.7. The van der Waals surface area contributed by atoms with Crippen LogP contribution < -0.4 is 5.32 Å². The van der Waals surface area contributed by atoms with E-state index < -0.39 is 0 Å². The zero-order valence-corrected chi connectivity index (χ0v) is 14.2. The number of aromatic nitrogens is 5. The van der Waals surface area contributed by atoms with Crippen molar-refractivity contribution in [3.8, 4) is 11.4 Å². The molecule has 8 heteroatoms. The summed E-state index contributed by atoms with van der Waals surface area (Å²) in [6.07, 6.45) is 8.24. The number of rotatable bonds is 5. The maximum absolute atomic E-state index is 11.6. The number of nitrogens with zero attached hydrogens (tertiary/aromatic N) is 3. The van der Waals surface area contributed by atoms with Crippen molar-refractivity contribution in [2.24, 2.45) is 0 Å². The van der Waals surface area contributed by atoms with Gasteiger partial charge in [0.2, 0.25) is 5.91 Å². The average molecular weight is 350 g/mol. The van der Waals surface area contributed by atoms with Gasteiger partial charge in [-0.2, -0.15) is 10.2 Å². The molecule has 1 unspecified atom stereocenters. The molecule has 4 rings (SSSR count). The number of methoxy groups -OCH3 is 1. The van der Waals surface area contributed by atoms with E-state index in [0.29, 0.717) is 0 Å². The van der Waals surface area contributed by atoms with Gasteiger partial charge in [0.25, 0.3) is 0 Å². The predicted octanol–water partition coefficient (Wildman–Crippen LogP) is 2.04. The molecule has 0 spiro atoms. The lowest BCUT2D eigenvalue weighted by molar-refractivity contribution is -0.123. The number of hydrogen-bond donors (Lipinski definition) is 3. The van der Waals surface area contributed by atoms with Gasteiger partial charge in [-0.25, -0.2) is 4.98 Å². The number of aromatic amines is 2. The fourth-order valence-electron chi connectivity index (χ4n) is 3.06. The fraction of sp³-hybridized carbons (Fsp3) is 0.222. The van der Waals surface area contributed by atoms with Crippen LogP contribution in [0.4, 0.5) is 0 Å². The highest BCUT2D eigenvalue weighted by Gasteiger charge is 2.18. The largest absolute Gasteiger partial charge is 0.375 e. The van der Waals surface area contributed by atoms with Crippen molar-refractivity contribution in [1.82, 2.24) is 30.7 Å². The third-order valence-corrected chi connectivity index (χ3v) is 4.30. The predicted molar refractivity (Wildman–Crippen MR) is 96.1 cm³/mol. The molecular weight excluding hydrogens is 332 g/mol. The number of benzene rings is 1. The highest BCUT2D eigenvalue weighted by molar-refractivity contribution is 5.86. The first kappa shape index (κ1) is 16.2. The van der Waals surface area contributed by atoms with Crippen LogP contribution in [0.1, 0.15) is 18.0 Å². The molecular formula is C18H18N6O2. The summed E-state index contributed by atoms with van der Waals surface area (Å²) in [4.78, 5) is 15.8. The van der Waals surface area contributed by atoms with Gasteiger partial charge in [0.15, 0.2) is 5.82 Å². The summed E-state index contributed by atoms with van der Waals surface area (Å²) in [5.41, 5.74) is 3.69. The number of ether oxygens (including phenoxy) is 1. The highest BCUT2D eigenvalue weighted by Crippen LogP contribution is 2.31. The maximum atomic E-state index is 11.6. The highest BCUT2D eigenvalue weighted by atomic mass is 16.5. The molecule has 1 aromatic carbocycles. The molecule has 26 heavy (non-hydrogen) atoms. The monoisotopic (exact) mass is 350 g/mol. The third-order valence-electron chi connectivity index (χ3n) is 4.30. The minimum absolute atomic E-state index is 0.0458. The molecule has 2 heterocycles. The molecule has 3 aromatic rings. The van der Waals surface area contributed by atoms with E-state index in [-0.39, 0.29) is 18.4 Å². The number of carbonyl (C=O) groups excluding carboxylic acids is 1. The molecule has 2 aromatic heterocycles. The number of H-pyrrole nitrogens is 2. The minimum Gasteiger partial charge on any atom is -0.375 e. The molecule has 1 atom stereocenters. The number of hydrogen-bond acceptors (Lipinski definition) is 5. The molecule has 1 aliphatic carbocycles. The number of allylic oxidation sites excluding steroid dienone is 3. The molecule has 1 amide bonds. The Morgan fingerprint density at radius 1 is 1.38 bits per heavy atom. The first-order valence-electron chi connectivity index (χ1n) is 8.25. The van der Waals surface area contributed by atoms with Crippen LogP contribution in [0, 0.1) is 0 Å². The van der Waals surface area contributed by atoms with Crippen LogP contribution in [0.2, 0.25) is 0 Å². The summed E-state index contributed by atoms with van der Waals surface area (Å²) in [7, 11) is 1.50. The fourth-order valence-corrected chi connectivity index (χ4v) is 3.06. The normalized spacial score (nSPS) is 16.7. The molecule has 1 aliphatic rings. The molecule has 0 bridgehead atoms. The van der Waals surface area contributed by atoms with E-state index >= 15 is 0 Å². The lowest BCUT2D eigenvalue weighted by atomic mass is 9.93. The molecule has 3 N–H and O–H groups in total. The van der Waals surface area contributed by atoms with E-state index in [1.54, 1.807) is 0 Å². The topological polar surface area (TPSA) is 109 Å². The maximum Gasteiger partial charge on any atom is 0.250 e. The second kappa shape index (κ2) is 6.93. The Hall–Kier alpha value is -3.26. The van der Waals surface area contributed by atoms with Crippen LogP contribution in [0.15, 0.2) is 48.5 Å². The average Bonchev–Trinajstić information content (AvgIpc) is 3.32. The summed E-state index contributed by atoms with van der Waals surface area (Å²) in [6, 6.07) is 5.99. The van der Waals surface area contributed by atoms with Crippen LogP contribution in [-0.4, -0.2) is 45.0 Å². The van der Waals surface area contributed by atoms with Crippen LogP contribution in [-0.2, 0) is 9.53 Å². The zero-order chi connectivity index (χ0) is 17.9. The van der Waals surface area contributed by atoms with Gasteiger partial charge >= 0.3 is 0 Å².